The molecule has 0 aliphatic rings. The van der Waals surface area contributed by atoms with E-state index in [-0.39, 0.29) is 62.3 Å². The summed E-state index contributed by atoms with van der Waals surface area (Å²) in [5.74, 6) is -0.361. The predicted molar refractivity (Wildman–Crippen MR) is 39.5 cm³/mol. The fourth-order valence-electron chi connectivity index (χ4n) is 0.173. The maximum atomic E-state index is 10.1. The zero-order chi connectivity index (χ0) is 6.57. The van der Waals surface area contributed by atoms with Crippen molar-refractivity contribution in [3.05, 3.63) is 0 Å². The Morgan fingerprint density at radius 1 is 1.56 bits per heavy atom. The zero-order valence-corrected chi connectivity index (χ0v) is 5.33. The summed E-state index contributed by atoms with van der Waals surface area (Å²) < 4.78 is 0. The van der Waals surface area contributed by atoms with E-state index in [2.05, 4.69) is 0 Å². The third kappa shape index (κ3) is 12.3. The Kier molecular flexibility index (Phi) is 10.3. The van der Waals surface area contributed by atoms with Crippen LogP contribution < -0.4 is 5.73 Å². The average Bonchev–Trinajstić information content (AvgIpc) is 1.61. The third-order valence-electron chi connectivity index (χ3n) is 0.418. The van der Waals surface area contributed by atoms with Crippen molar-refractivity contribution in [3.8, 4) is 0 Å². The summed E-state index contributed by atoms with van der Waals surface area (Å²) in [7, 11) is 0. The Bertz CT molecular complexity index is 103. The van der Waals surface area contributed by atoms with Gasteiger partial charge in [-0.3, -0.25) is 9.59 Å². The van der Waals surface area contributed by atoms with Gasteiger partial charge in [0.1, 0.15) is 0 Å². The standard InChI is InChI=1S/C4H7NO2S.K.H/c1-3(6)8-2-4(5)7;;/h2H2,1H3,(H2,5,7);;. The molecule has 0 aliphatic heterocycles. The van der Waals surface area contributed by atoms with Crippen molar-refractivity contribution >= 4 is 74.2 Å². The Balaban J connectivity index is 0. The molecule has 0 radical (unpaired) electrons. The molecule has 9 heavy (non-hydrogen) atoms. The second kappa shape index (κ2) is 7.24. The van der Waals surface area contributed by atoms with Crippen LogP contribution in [0.5, 0.6) is 0 Å². The summed E-state index contributed by atoms with van der Waals surface area (Å²) in [6, 6.07) is 0. The Hall–Kier alpha value is 1.13. The van der Waals surface area contributed by atoms with Gasteiger partial charge in [-0.15, -0.1) is 0 Å². The van der Waals surface area contributed by atoms with Crippen molar-refractivity contribution in [1.82, 2.24) is 0 Å². The molecule has 0 aliphatic carbocycles. The van der Waals surface area contributed by atoms with Gasteiger partial charge in [0.25, 0.3) is 0 Å². The molecule has 3 nitrogen and oxygen atoms in total. The number of carbonyl (C=O) groups excluding carboxylic acids is 2. The summed E-state index contributed by atoms with van der Waals surface area (Å²) in [6.07, 6.45) is 0. The first kappa shape index (κ1) is 12.8. The first-order valence-corrected chi connectivity index (χ1v) is 3.03. The predicted octanol–water partition coefficient (Wildman–Crippen LogP) is -0.897. The van der Waals surface area contributed by atoms with E-state index in [1.807, 2.05) is 0 Å². The molecule has 0 saturated heterocycles. The Morgan fingerprint density at radius 2 is 2.00 bits per heavy atom. The molecule has 0 heterocycles. The van der Waals surface area contributed by atoms with Crippen molar-refractivity contribution < 1.29 is 9.59 Å². The van der Waals surface area contributed by atoms with Crippen LogP contribution in [0.25, 0.3) is 0 Å². The van der Waals surface area contributed by atoms with E-state index >= 15 is 0 Å². The molecule has 2 N–H and O–H groups in total. The van der Waals surface area contributed by atoms with Crippen molar-refractivity contribution in [2.45, 2.75) is 6.92 Å². The average molecular weight is 173 g/mol. The van der Waals surface area contributed by atoms with Gasteiger partial charge >= 0.3 is 51.4 Å². The van der Waals surface area contributed by atoms with Crippen molar-refractivity contribution in [1.29, 1.82) is 0 Å². The molecule has 0 aromatic heterocycles. The molecule has 1 amide bonds. The van der Waals surface area contributed by atoms with Crippen molar-refractivity contribution in [2.24, 2.45) is 5.73 Å². The van der Waals surface area contributed by atoms with Gasteiger partial charge in [-0.25, -0.2) is 0 Å². The van der Waals surface area contributed by atoms with Crippen LogP contribution in [0.4, 0.5) is 0 Å². The van der Waals surface area contributed by atoms with E-state index in [1.165, 1.54) is 6.92 Å². The number of thioether (sulfide) groups is 1. The van der Waals surface area contributed by atoms with Crippen LogP contribution in [0.15, 0.2) is 0 Å². The first-order valence-electron chi connectivity index (χ1n) is 2.04. The van der Waals surface area contributed by atoms with Crippen molar-refractivity contribution in [2.75, 3.05) is 5.75 Å². The SMILES string of the molecule is CC(=O)SCC(N)=O.[KH]. The normalized spacial score (nSPS) is 7.67. The van der Waals surface area contributed by atoms with Crippen LogP contribution >= 0.6 is 11.8 Å². The minimum atomic E-state index is -0.454. The Labute approximate surface area is 101 Å². The molecule has 0 bridgehead atoms. The number of hydrogen-bond acceptors (Lipinski definition) is 3. The fourth-order valence-corrected chi connectivity index (χ4v) is 0.518. The van der Waals surface area contributed by atoms with E-state index < -0.39 is 5.91 Å². The number of carbonyl (C=O) groups is 2. The monoisotopic (exact) mass is 173 g/mol. The molecule has 0 saturated carbocycles. The molecule has 0 atom stereocenters. The van der Waals surface area contributed by atoms with Gasteiger partial charge in [0.2, 0.25) is 5.91 Å². The van der Waals surface area contributed by atoms with Gasteiger partial charge in [0, 0.05) is 6.92 Å². The van der Waals surface area contributed by atoms with Crippen LogP contribution in [-0.4, -0.2) is 68.2 Å². The van der Waals surface area contributed by atoms with Crippen LogP contribution in [0.1, 0.15) is 6.92 Å². The molecule has 0 unspecified atom stereocenters. The van der Waals surface area contributed by atoms with Gasteiger partial charge < -0.3 is 5.73 Å². The van der Waals surface area contributed by atoms with Crippen LogP contribution in [0.3, 0.4) is 0 Å². The quantitative estimate of drug-likeness (QED) is 0.551. The number of amides is 1. The summed E-state index contributed by atoms with van der Waals surface area (Å²) in [4.78, 5) is 20.1. The van der Waals surface area contributed by atoms with Gasteiger partial charge in [0.05, 0.1) is 5.75 Å². The molecule has 5 heteroatoms. The second-order valence-electron chi connectivity index (χ2n) is 1.25. The summed E-state index contributed by atoms with van der Waals surface area (Å²) in [5, 5.41) is -0.0798. The summed E-state index contributed by atoms with van der Waals surface area (Å²) in [5.41, 5.74) is 4.73. The first-order chi connectivity index (χ1) is 3.63. The zero-order valence-electron chi connectivity index (χ0n) is 4.51. The molecule has 0 fully saturated rings. The number of rotatable bonds is 2. The minimum absolute atomic E-state index is 0. The maximum absolute atomic E-state index is 10.1. The topological polar surface area (TPSA) is 60.2 Å². The number of nitrogens with two attached hydrogens (primary N) is 1. The molecule has 48 valence electrons. The number of hydrogen-bond donors (Lipinski definition) is 1. The molecule has 0 aromatic rings. The molecule has 0 aromatic carbocycles. The van der Waals surface area contributed by atoms with E-state index in [1.54, 1.807) is 0 Å². The van der Waals surface area contributed by atoms with Gasteiger partial charge in [-0.1, -0.05) is 11.8 Å². The van der Waals surface area contributed by atoms with Crippen LogP contribution in [0, 0.1) is 0 Å². The third-order valence-corrected chi connectivity index (χ3v) is 1.25. The second-order valence-corrected chi connectivity index (χ2v) is 2.40. The molecular formula is C4H8KNO2S. The van der Waals surface area contributed by atoms with E-state index in [0.29, 0.717) is 0 Å². The number of primary amides is 1. The van der Waals surface area contributed by atoms with Gasteiger partial charge in [-0.05, 0) is 0 Å². The van der Waals surface area contributed by atoms with Gasteiger partial charge in [-0.2, -0.15) is 0 Å². The molecular weight excluding hydrogens is 165 g/mol. The van der Waals surface area contributed by atoms with Crippen LogP contribution in [0.2, 0.25) is 0 Å². The van der Waals surface area contributed by atoms with E-state index in [4.69, 9.17) is 5.73 Å². The molecule has 0 spiro atoms. The fraction of sp³-hybridized carbons (Fsp3) is 0.500. The van der Waals surface area contributed by atoms with Gasteiger partial charge in [0.15, 0.2) is 5.12 Å². The Morgan fingerprint density at radius 3 is 2.11 bits per heavy atom. The summed E-state index contributed by atoms with van der Waals surface area (Å²) in [6.45, 7) is 1.40. The van der Waals surface area contributed by atoms with Crippen molar-refractivity contribution in [3.63, 3.8) is 0 Å². The van der Waals surface area contributed by atoms with Crippen LogP contribution in [-0.2, 0) is 9.59 Å². The summed E-state index contributed by atoms with van der Waals surface area (Å²) >= 11 is 0.926. The van der Waals surface area contributed by atoms with E-state index in [0.717, 1.165) is 11.8 Å². The van der Waals surface area contributed by atoms with E-state index in [9.17, 15) is 9.59 Å². The molecule has 0 rings (SSSR count).